The molecule has 0 fully saturated rings. The molecule has 0 bridgehead atoms. The maximum absolute atomic E-state index is 12.2. The fourth-order valence-corrected chi connectivity index (χ4v) is 5.35. The van der Waals surface area contributed by atoms with Crippen LogP contribution in [-0.4, -0.2) is 37.4 Å². The van der Waals surface area contributed by atoms with Gasteiger partial charge < -0.3 is 15.6 Å². The van der Waals surface area contributed by atoms with Gasteiger partial charge in [0.2, 0.25) is 0 Å². The molecule has 0 saturated carbocycles. The Hall–Kier alpha value is -1.72. The van der Waals surface area contributed by atoms with Gasteiger partial charge in [0.15, 0.2) is 27.9 Å². The van der Waals surface area contributed by atoms with E-state index >= 15 is 0 Å². The maximum Gasteiger partial charge on any atom is 0.175 e. The third kappa shape index (κ3) is 4.47. The highest BCUT2D eigenvalue weighted by atomic mass is 127. The number of Topliss-reactive ketones (excluding diaryl/α,β-unsaturated/α-hetero) is 1. The summed E-state index contributed by atoms with van der Waals surface area (Å²) in [6.45, 7) is 8.13. The van der Waals surface area contributed by atoms with Gasteiger partial charge in [0.05, 0.1) is 0 Å². The number of fused-ring (bicyclic) bond motifs is 2. The summed E-state index contributed by atoms with van der Waals surface area (Å²) in [5.74, 6) is 0.604. The Morgan fingerprint density at radius 3 is 2.83 bits per heavy atom. The van der Waals surface area contributed by atoms with Crippen LogP contribution in [0, 0.1) is 3.57 Å². The molecular weight excluding hydrogens is 511 g/mol. The van der Waals surface area contributed by atoms with E-state index in [2.05, 4.69) is 69.3 Å². The summed E-state index contributed by atoms with van der Waals surface area (Å²) in [5, 5.41) is 4.33. The Bertz CT molecular complexity index is 1120. The first-order chi connectivity index (χ1) is 14.2. The first-order valence-corrected chi connectivity index (χ1v) is 11.9. The molecule has 7 nitrogen and oxygen atoms in total. The van der Waals surface area contributed by atoms with Crippen LogP contribution in [0.25, 0.3) is 11.2 Å². The van der Waals surface area contributed by atoms with E-state index in [0.29, 0.717) is 17.8 Å². The molecule has 3 aromatic rings. The molecule has 9 heteroatoms. The minimum atomic E-state index is 0.0776. The zero-order valence-electron chi connectivity index (χ0n) is 17.3. The zero-order valence-corrected chi connectivity index (χ0v) is 20.3. The van der Waals surface area contributed by atoms with Crippen LogP contribution in [0.3, 0.4) is 0 Å². The Morgan fingerprint density at radius 1 is 1.27 bits per heavy atom. The molecule has 30 heavy (non-hydrogen) atoms. The normalized spacial score (nSPS) is 13.9. The fraction of sp³-hybridized carbons (Fsp3) is 0.429. The smallest absolute Gasteiger partial charge is 0.175 e. The van der Waals surface area contributed by atoms with E-state index in [1.807, 2.05) is 6.07 Å². The van der Waals surface area contributed by atoms with E-state index in [-0.39, 0.29) is 11.3 Å². The van der Waals surface area contributed by atoms with Gasteiger partial charge in [-0.15, -0.1) is 0 Å². The SMILES string of the molecule is CC(C)(C)NCCCn1c(Sc2cc3c(cc2I)CCC3=O)nc2c(N)ncnc21. The van der Waals surface area contributed by atoms with Crippen molar-refractivity contribution in [1.29, 1.82) is 0 Å². The number of imidazole rings is 1. The molecule has 1 aromatic carbocycles. The monoisotopic (exact) mass is 536 g/mol. The molecule has 2 aromatic heterocycles. The van der Waals surface area contributed by atoms with Crippen LogP contribution in [0.15, 0.2) is 28.5 Å². The lowest BCUT2D eigenvalue weighted by Crippen LogP contribution is -2.36. The van der Waals surface area contributed by atoms with Crippen molar-refractivity contribution >= 4 is 57.1 Å². The molecule has 1 aliphatic carbocycles. The second-order valence-electron chi connectivity index (χ2n) is 8.47. The van der Waals surface area contributed by atoms with E-state index < -0.39 is 0 Å². The van der Waals surface area contributed by atoms with E-state index in [4.69, 9.17) is 10.7 Å². The van der Waals surface area contributed by atoms with Gasteiger partial charge in [-0.05, 0) is 80.4 Å². The van der Waals surface area contributed by atoms with Crippen LogP contribution in [-0.2, 0) is 13.0 Å². The number of nitrogens with two attached hydrogens (primary N) is 1. The number of nitrogens with one attached hydrogen (secondary N) is 1. The molecule has 3 N–H and O–H groups in total. The average Bonchev–Trinajstić information content (AvgIpc) is 3.20. The molecule has 0 aliphatic heterocycles. The van der Waals surface area contributed by atoms with Crippen molar-refractivity contribution in [2.75, 3.05) is 12.3 Å². The highest BCUT2D eigenvalue weighted by Crippen LogP contribution is 2.37. The third-order valence-electron chi connectivity index (χ3n) is 5.02. The maximum atomic E-state index is 12.2. The molecule has 0 radical (unpaired) electrons. The number of aryl methyl sites for hydroxylation is 2. The molecule has 1 aliphatic rings. The number of carbonyl (C=O) groups excluding carboxylic acids is 1. The average molecular weight is 536 g/mol. The number of hydrogen-bond donors (Lipinski definition) is 2. The Labute approximate surface area is 193 Å². The molecule has 0 saturated heterocycles. The van der Waals surface area contributed by atoms with Crippen LogP contribution >= 0.6 is 34.4 Å². The quantitative estimate of drug-likeness (QED) is 0.362. The summed E-state index contributed by atoms with van der Waals surface area (Å²) in [6, 6.07) is 4.13. The van der Waals surface area contributed by atoms with Crippen LogP contribution in [0.1, 0.15) is 49.5 Å². The number of aromatic nitrogens is 4. The Morgan fingerprint density at radius 2 is 2.07 bits per heavy atom. The van der Waals surface area contributed by atoms with Gasteiger partial charge in [0, 0.05) is 32.5 Å². The first-order valence-electron chi connectivity index (χ1n) is 9.98. The number of rotatable bonds is 6. The highest BCUT2D eigenvalue weighted by Gasteiger charge is 2.23. The summed E-state index contributed by atoms with van der Waals surface area (Å²) >= 11 is 3.89. The van der Waals surface area contributed by atoms with Gasteiger partial charge in [-0.1, -0.05) is 11.8 Å². The molecule has 4 rings (SSSR count). The van der Waals surface area contributed by atoms with Crippen molar-refractivity contribution in [2.45, 2.75) is 62.2 Å². The largest absolute Gasteiger partial charge is 0.382 e. The summed E-state index contributed by atoms with van der Waals surface area (Å²) in [4.78, 5) is 26.5. The molecule has 0 unspecified atom stereocenters. The number of nitrogen functional groups attached to an aromatic ring is 1. The Balaban J connectivity index is 1.66. The van der Waals surface area contributed by atoms with E-state index in [0.717, 1.165) is 56.3 Å². The minimum absolute atomic E-state index is 0.0776. The van der Waals surface area contributed by atoms with Crippen LogP contribution in [0.2, 0.25) is 0 Å². The molecule has 158 valence electrons. The fourth-order valence-electron chi connectivity index (χ4n) is 3.53. The second-order valence-corrected chi connectivity index (χ2v) is 10.6. The lowest BCUT2D eigenvalue weighted by atomic mass is 10.1. The number of anilines is 1. The second kappa shape index (κ2) is 8.43. The van der Waals surface area contributed by atoms with E-state index in [1.165, 1.54) is 6.33 Å². The molecule has 0 atom stereocenters. The van der Waals surface area contributed by atoms with Crippen molar-refractivity contribution in [3.05, 3.63) is 33.2 Å². The number of ketones is 1. The number of benzene rings is 1. The third-order valence-corrected chi connectivity index (χ3v) is 7.33. The number of halogens is 1. The van der Waals surface area contributed by atoms with E-state index in [9.17, 15) is 4.79 Å². The molecule has 0 amide bonds. The predicted molar refractivity (Wildman–Crippen MR) is 128 cm³/mol. The lowest BCUT2D eigenvalue weighted by Gasteiger charge is -2.20. The van der Waals surface area contributed by atoms with Gasteiger partial charge in [0.1, 0.15) is 6.33 Å². The number of carbonyl (C=O) groups is 1. The van der Waals surface area contributed by atoms with Crippen molar-refractivity contribution in [2.24, 2.45) is 0 Å². The van der Waals surface area contributed by atoms with Crippen molar-refractivity contribution < 1.29 is 4.79 Å². The van der Waals surface area contributed by atoms with Gasteiger partial charge in [0.25, 0.3) is 0 Å². The molecule has 2 heterocycles. The van der Waals surface area contributed by atoms with Gasteiger partial charge in [-0.25, -0.2) is 15.0 Å². The van der Waals surface area contributed by atoms with Crippen molar-refractivity contribution in [3.63, 3.8) is 0 Å². The zero-order chi connectivity index (χ0) is 21.5. The first kappa shape index (κ1) is 21.5. The minimum Gasteiger partial charge on any atom is -0.382 e. The summed E-state index contributed by atoms with van der Waals surface area (Å²) < 4.78 is 3.23. The topological polar surface area (TPSA) is 98.7 Å². The Kier molecular flexibility index (Phi) is 6.04. The summed E-state index contributed by atoms with van der Waals surface area (Å²) in [7, 11) is 0. The van der Waals surface area contributed by atoms with E-state index in [1.54, 1.807) is 11.8 Å². The van der Waals surface area contributed by atoms with Gasteiger partial charge in [-0.3, -0.25) is 4.79 Å². The molecular formula is C21H25IN6OS. The van der Waals surface area contributed by atoms with Crippen LogP contribution in [0.4, 0.5) is 5.82 Å². The lowest BCUT2D eigenvalue weighted by molar-refractivity contribution is 0.0994. The molecule has 0 spiro atoms. The van der Waals surface area contributed by atoms with Crippen molar-refractivity contribution in [3.8, 4) is 0 Å². The number of hydrogen-bond acceptors (Lipinski definition) is 7. The standard InChI is InChI=1S/C21H25IN6OS/c1-21(2,3)26-7-4-8-28-19-17(18(23)24-11-25-19)27-20(28)30-16-10-13-12(9-14(16)22)5-6-15(13)29/h9-11,26H,4-8H2,1-3H3,(H2,23,24,25). The summed E-state index contributed by atoms with van der Waals surface area (Å²) in [6.07, 6.45) is 3.85. The number of nitrogens with zero attached hydrogens (tertiary/aromatic N) is 4. The van der Waals surface area contributed by atoms with Crippen LogP contribution in [0.5, 0.6) is 0 Å². The highest BCUT2D eigenvalue weighted by molar-refractivity contribution is 14.1. The summed E-state index contributed by atoms with van der Waals surface area (Å²) in [5.41, 5.74) is 9.50. The van der Waals surface area contributed by atoms with Crippen molar-refractivity contribution in [1.82, 2.24) is 24.8 Å². The predicted octanol–water partition coefficient (Wildman–Crippen LogP) is 4.07. The van der Waals surface area contributed by atoms with Gasteiger partial charge in [-0.2, -0.15) is 0 Å². The van der Waals surface area contributed by atoms with Crippen LogP contribution < -0.4 is 11.1 Å². The van der Waals surface area contributed by atoms with Gasteiger partial charge >= 0.3 is 0 Å².